The van der Waals surface area contributed by atoms with Crippen molar-refractivity contribution in [3.8, 4) is 0 Å². The van der Waals surface area contributed by atoms with E-state index in [0.717, 1.165) is 30.0 Å². The molecule has 0 N–H and O–H groups in total. The Bertz CT molecular complexity index is 588. The fraction of sp³-hybridized carbons (Fsp3) is 0.267. The molecule has 1 aromatic carbocycles. The Morgan fingerprint density at radius 3 is 2.84 bits per heavy atom. The van der Waals surface area contributed by atoms with Crippen molar-refractivity contribution in [2.75, 3.05) is 6.54 Å². The molecule has 3 rings (SSSR count). The van der Waals surface area contributed by atoms with E-state index in [1.165, 1.54) is 10.4 Å². The van der Waals surface area contributed by atoms with Gasteiger partial charge in [0.05, 0.1) is 6.42 Å². The van der Waals surface area contributed by atoms with Gasteiger partial charge in [-0.15, -0.1) is 24.0 Å². The van der Waals surface area contributed by atoms with E-state index in [1.54, 1.807) is 11.3 Å². The number of nitrogens with zero attached hydrogens (tertiary/aromatic N) is 1. The summed E-state index contributed by atoms with van der Waals surface area (Å²) in [6.07, 6.45) is 1.47. The smallest absolute Gasteiger partial charge is 0.227 e. The lowest BCUT2D eigenvalue weighted by atomic mass is 10.1. The summed E-state index contributed by atoms with van der Waals surface area (Å²) in [6.45, 7) is 1.61. The lowest BCUT2D eigenvalue weighted by molar-refractivity contribution is -0.131. The molecule has 0 atom stereocenters. The third kappa shape index (κ3) is 2.85. The van der Waals surface area contributed by atoms with Crippen LogP contribution in [0, 0.1) is 0 Å². The average Bonchev–Trinajstić information content (AvgIpc) is 2.88. The largest absolute Gasteiger partial charge is 0.338 e. The Hall–Kier alpha value is -1.26. The fourth-order valence-electron chi connectivity index (χ4n) is 2.36. The van der Waals surface area contributed by atoms with E-state index < -0.39 is 0 Å². The van der Waals surface area contributed by atoms with Crippen LogP contribution in [0.2, 0.25) is 0 Å². The van der Waals surface area contributed by atoms with E-state index in [-0.39, 0.29) is 5.91 Å². The van der Waals surface area contributed by atoms with E-state index in [2.05, 4.69) is 24.1 Å². The first-order valence-corrected chi connectivity index (χ1v) is 7.66. The van der Waals surface area contributed by atoms with Gasteiger partial charge in [-0.25, -0.2) is 0 Å². The van der Waals surface area contributed by atoms with Gasteiger partial charge in [0.15, 0.2) is 0 Å². The van der Waals surface area contributed by atoms with Gasteiger partial charge in [0.2, 0.25) is 5.91 Å². The standard InChI is InChI=1S/C15H15NOS2/c17-15(9-11-1-3-13(18)4-2-11)16-7-5-14-12(10-16)6-8-19-14/h1-4,6,8,18H,5,7,9-10H2. The highest BCUT2D eigenvalue weighted by molar-refractivity contribution is 7.80. The molecule has 1 amide bonds. The quantitative estimate of drug-likeness (QED) is 0.842. The predicted octanol–water partition coefficient (Wildman–Crippen LogP) is 3.16. The van der Waals surface area contributed by atoms with Gasteiger partial charge >= 0.3 is 0 Å². The van der Waals surface area contributed by atoms with Crippen molar-refractivity contribution < 1.29 is 4.79 Å². The van der Waals surface area contributed by atoms with Gasteiger partial charge in [-0.2, -0.15) is 0 Å². The minimum atomic E-state index is 0.212. The van der Waals surface area contributed by atoms with Crippen LogP contribution in [0.15, 0.2) is 40.6 Å². The summed E-state index contributed by atoms with van der Waals surface area (Å²) in [7, 11) is 0. The lowest BCUT2D eigenvalue weighted by Gasteiger charge is -2.27. The van der Waals surface area contributed by atoms with Gasteiger partial charge in [0, 0.05) is 22.9 Å². The van der Waals surface area contributed by atoms with Gasteiger partial charge in [0.1, 0.15) is 0 Å². The van der Waals surface area contributed by atoms with Crippen LogP contribution < -0.4 is 0 Å². The van der Waals surface area contributed by atoms with Crippen molar-refractivity contribution in [1.29, 1.82) is 0 Å². The molecule has 1 aliphatic heterocycles. The highest BCUT2D eigenvalue weighted by Crippen LogP contribution is 2.24. The molecule has 0 unspecified atom stereocenters. The number of fused-ring (bicyclic) bond motifs is 1. The molecule has 1 aliphatic rings. The maximum absolute atomic E-state index is 12.3. The number of hydrogen-bond donors (Lipinski definition) is 1. The maximum Gasteiger partial charge on any atom is 0.227 e. The van der Waals surface area contributed by atoms with Gasteiger partial charge in [-0.1, -0.05) is 12.1 Å². The average molecular weight is 289 g/mol. The number of hydrogen-bond acceptors (Lipinski definition) is 3. The van der Waals surface area contributed by atoms with Gasteiger partial charge in [0.25, 0.3) is 0 Å². The summed E-state index contributed by atoms with van der Waals surface area (Å²) < 4.78 is 0. The molecule has 4 heteroatoms. The number of carbonyl (C=O) groups is 1. The van der Waals surface area contributed by atoms with Crippen molar-refractivity contribution in [3.05, 3.63) is 51.7 Å². The molecule has 98 valence electrons. The predicted molar refractivity (Wildman–Crippen MR) is 80.8 cm³/mol. The molecular weight excluding hydrogens is 274 g/mol. The number of thiol groups is 1. The fourth-order valence-corrected chi connectivity index (χ4v) is 3.40. The van der Waals surface area contributed by atoms with Crippen molar-refractivity contribution in [2.24, 2.45) is 0 Å². The number of amides is 1. The molecule has 0 fully saturated rings. The molecule has 0 aliphatic carbocycles. The Morgan fingerprint density at radius 1 is 1.26 bits per heavy atom. The zero-order valence-corrected chi connectivity index (χ0v) is 12.2. The molecule has 0 spiro atoms. The summed E-state index contributed by atoms with van der Waals surface area (Å²) in [5.41, 5.74) is 2.37. The molecule has 0 saturated heterocycles. The Morgan fingerprint density at radius 2 is 2.05 bits per heavy atom. The van der Waals surface area contributed by atoms with Crippen LogP contribution in [0.3, 0.4) is 0 Å². The molecule has 0 bridgehead atoms. The second-order valence-corrected chi connectivity index (χ2v) is 6.29. The van der Waals surface area contributed by atoms with Crippen molar-refractivity contribution in [2.45, 2.75) is 24.3 Å². The highest BCUT2D eigenvalue weighted by Gasteiger charge is 2.21. The van der Waals surface area contributed by atoms with Crippen molar-refractivity contribution >= 4 is 29.9 Å². The Kier molecular flexibility index (Phi) is 3.62. The van der Waals surface area contributed by atoms with Crippen LogP contribution in [-0.4, -0.2) is 17.4 Å². The summed E-state index contributed by atoms with van der Waals surface area (Å²) in [5, 5.41) is 2.12. The summed E-state index contributed by atoms with van der Waals surface area (Å²) >= 11 is 6.05. The molecule has 0 radical (unpaired) electrons. The third-order valence-corrected chi connectivity index (χ3v) is 4.77. The number of rotatable bonds is 2. The zero-order valence-electron chi connectivity index (χ0n) is 10.5. The monoisotopic (exact) mass is 289 g/mol. The number of carbonyl (C=O) groups excluding carboxylic acids is 1. The minimum Gasteiger partial charge on any atom is -0.338 e. The topological polar surface area (TPSA) is 20.3 Å². The molecule has 2 aromatic rings. The van der Waals surface area contributed by atoms with Crippen LogP contribution >= 0.6 is 24.0 Å². The van der Waals surface area contributed by atoms with Gasteiger partial charge < -0.3 is 4.90 Å². The van der Waals surface area contributed by atoms with Crippen molar-refractivity contribution in [3.63, 3.8) is 0 Å². The third-order valence-electron chi connectivity index (χ3n) is 3.45. The molecule has 2 heterocycles. The first-order chi connectivity index (χ1) is 9.22. The van der Waals surface area contributed by atoms with Crippen LogP contribution in [0.5, 0.6) is 0 Å². The van der Waals surface area contributed by atoms with E-state index in [1.807, 2.05) is 29.2 Å². The first kappa shape index (κ1) is 12.8. The summed E-state index contributed by atoms with van der Waals surface area (Å²) in [5.74, 6) is 0.212. The normalized spacial score (nSPS) is 14.3. The second-order valence-electron chi connectivity index (χ2n) is 4.78. The van der Waals surface area contributed by atoms with Gasteiger partial charge in [-0.05, 0) is 41.1 Å². The molecule has 2 nitrogen and oxygen atoms in total. The summed E-state index contributed by atoms with van der Waals surface area (Å²) in [6, 6.07) is 9.94. The second kappa shape index (κ2) is 5.39. The van der Waals surface area contributed by atoms with Gasteiger partial charge in [-0.3, -0.25) is 4.79 Å². The lowest BCUT2D eigenvalue weighted by Crippen LogP contribution is -2.36. The number of benzene rings is 1. The highest BCUT2D eigenvalue weighted by atomic mass is 32.1. The first-order valence-electron chi connectivity index (χ1n) is 6.33. The molecular formula is C15H15NOS2. The molecule has 19 heavy (non-hydrogen) atoms. The van der Waals surface area contributed by atoms with E-state index in [4.69, 9.17) is 0 Å². The van der Waals surface area contributed by atoms with Crippen LogP contribution in [0.1, 0.15) is 16.0 Å². The summed E-state index contributed by atoms with van der Waals surface area (Å²) in [4.78, 5) is 16.6. The van der Waals surface area contributed by atoms with Crippen LogP contribution in [0.25, 0.3) is 0 Å². The van der Waals surface area contributed by atoms with Crippen LogP contribution in [0.4, 0.5) is 0 Å². The van der Waals surface area contributed by atoms with Crippen LogP contribution in [-0.2, 0) is 24.2 Å². The van der Waals surface area contributed by atoms with Crippen molar-refractivity contribution in [1.82, 2.24) is 4.90 Å². The number of thiophene rings is 1. The SMILES string of the molecule is O=C(Cc1ccc(S)cc1)N1CCc2sccc2C1. The van der Waals surface area contributed by atoms with E-state index >= 15 is 0 Å². The van der Waals surface area contributed by atoms with E-state index in [9.17, 15) is 4.79 Å². The minimum absolute atomic E-state index is 0.212. The zero-order chi connectivity index (χ0) is 13.2. The Balaban J connectivity index is 1.67. The Labute approximate surface area is 122 Å². The maximum atomic E-state index is 12.3. The van der Waals surface area contributed by atoms with E-state index in [0.29, 0.717) is 6.42 Å². The molecule has 0 saturated carbocycles. The molecule has 1 aromatic heterocycles.